The second-order valence-corrected chi connectivity index (χ2v) is 5.52. The zero-order chi connectivity index (χ0) is 18.8. The molecular weight excluding hydrogens is 320 g/mol. The Kier molecular flexibility index (Phi) is 8.06. The summed E-state index contributed by atoms with van der Waals surface area (Å²) in [6, 6.07) is 14.1. The number of aromatic carboxylic acids is 2. The van der Waals surface area contributed by atoms with Gasteiger partial charge in [0, 0.05) is 12.8 Å². The van der Waals surface area contributed by atoms with Crippen LogP contribution in [-0.4, -0.2) is 27.9 Å². The van der Waals surface area contributed by atoms with E-state index in [1.165, 1.54) is 17.7 Å². The summed E-state index contributed by atoms with van der Waals surface area (Å²) in [5, 5.41) is 17.3. The molecule has 0 heterocycles. The molecule has 132 valence electrons. The van der Waals surface area contributed by atoms with E-state index < -0.39 is 11.9 Å². The highest BCUT2D eigenvalue weighted by Crippen LogP contribution is 2.11. The second kappa shape index (κ2) is 10.0. The molecule has 0 aliphatic heterocycles. The van der Waals surface area contributed by atoms with Crippen molar-refractivity contribution in [1.29, 1.82) is 0 Å². The highest BCUT2D eigenvalue weighted by atomic mass is 16.4. The van der Waals surface area contributed by atoms with Gasteiger partial charge in [0.1, 0.15) is 5.78 Å². The van der Waals surface area contributed by atoms with Crippen LogP contribution in [0.5, 0.6) is 0 Å². The summed E-state index contributed by atoms with van der Waals surface area (Å²) in [5.74, 6) is -1.89. The number of hydrogen-bond donors (Lipinski definition) is 2. The van der Waals surface area contributed by atoms with Crippen LogP contribution in [0.15, 0.2) is 48.5 Å². The summed E-state index contributed by atoms with van der Waals surface area (Å²) in [4.78, 5) is 32.1. The third kappa shape index (κ3) is 6.99. The second-order valence-electron chi connectivity index (χ2n) is 5.52. The Balaban J connectivity index is 0.000000251. The molecule has 5 nitrogen and oxygen atoms in total. The van der Waals surface area contributed by atoms with Gasteiger partial charge in [0.25, 0.3) is 0 Å². The van der Waals surface area contributed by atoms with Crippen LogP contribution < -0.4 is 0 Å². The number of Topliss-reactive ketones (excluding diaryl/α,β-unsaturated/α-hetero) is 1. The number of aryl methyl sites for hydroxylation is 2. The van der Waals surface area contributed by atoms with E-state index >= 15 is 0 Å². The molecule has 0 fully saturated rings. The Morgan fingerprint density at radius 1 is 0.920 bits per heavy atom. The van der Waals surface area contributed by atoms with Crippen molar-refractivity contribution in [2.75, 3.05) is 0 Å². The predicted molar refractivity (Wildman–Crippen MR) is 95.2 cm³/mol. The first-order valence-corrected chi connectivity index (χ1v) is 7.98. The first kappa shape index (κ1) is 20.1. The molecule has 0 aliphatic carbocycles. The van der Waals surface area contributed by atoms with Crippen LogP contribution >= 0.6 is 0 Å². The predicted octanol–water partition coefficient (Wildman–Crippen LogP) is 3.99. The first-order valence-electron chi connectivity index (χ1n) is 7.98. The van der Waals surface area contributed by atoms with Crippen LogP contribution in [-0.2, 0) is 11.2 Å². The fraction of sp³-hybridized carbons (Fsp3) is 0.250. The van der Waals surface area contributed by atoms with E-state index in [1.54, 1.807) is 6.92 Å². The van der Waals surface area contributed by atoms with Gasteiger partial charge in [-0.2, -0.15) is 0 Å². The molecule has 2 N–H and O–H groups in total. The molecule has 0 bridgehead atoms. The molecule has 0 spiro atoms. The molecule has 2 aromatic rings. The van der Waals surface area contributed by atoms with Gasteiger partial charge in [-0.25, -0.2) is 9.59 Å². The van der Waals surface area contributed by atoms with E-state index in [2.05, 4.69) is 12.1 Å². The summed E-state index contributed by atoms with van der Waals surface area (Å²) in [5.41, 5.74) is 1.82. The Hall–Kier alpha value is -2.95. The van der Waals surface area contributed by atoms with Crippen LogP contribution in [0.3, 0.4) is 0 Å². The molecule has 0 amide bonds. The van der Waals surface area contributed by atoms with Crippen molar-refractivity contribution in [3.05, 3.63) is 70.8 Å². The fourth-order valence-electron chi connectivity index (χ4n) is 2.09. The van der Waals surface area contributed by atoms with E-state index in [4.69, 9.17) is 10.2 Å². The minimum Gasteiger partial charge on any atom is -0.478 e. The summed E-state index contributed by atoms with van der Waals surface area (Å²) < 4.78 is 0. The molecule has 0 saturated carbocycles. The van der Waals surface area contributed by atoms with Gasteiger partial charge in [0.15, 0.2) is 0 Å². The summed E-state index contributed by atoms with van der Waals surface area (Å²) in [6.45, 7) is 3.53. The molecule has 0 radical (unpaired) electrons. The third-order valence-electron chi connectivity index (χ3n) is 3.64. The zero-order valence-electron chi connectivity index (χ0n) is 14.4. The number of benzene rings is 2. The topological polar surface area (TPSA) is 91.7 Å². The lowest BCUT2D eigenvalue weighted by Crippen LogP contribution is -2.03. The molecule has 2 rings (SSSR count). The highest BCUT2D eigenvalue weighted by Gasteiger charge is 2.10. The average molecular weight is 342 g/mol. The Morgan fingerprint density at radius 2 is 1.56 bits per heavy atom. The van der Waals surface area contributed by atoms with Crippen LogP contribution in [0.1, 0.15) is 51.6 Å². The number of rotatable bonds is 6. The lowest BCUT2D eigenvalue weighted by molar-refractivity contribution is -0.118. The fourth-order valence-corrected chi connectivity index (χ4v) is 2.09. The minimum absolute atomic E-state index is 0.0111. The van der Waals surface area contributed by atoms with Gasteiger partial charge in [-0.1, -0.05) is 43.3 Å². The SMILES string of the molecule is CCC(=O)CCc1ccccc1.Cc1ccc(C(=O)O)cc1C(=O)O. The van der Waals surface area contributed by atoms with Gasteiger partial charge < -0.3 is 10.2 Å². The highest BCUT2D eigenvalue weighted by molar-refractivity contribution is 5.94. The van der Waals surface area contributed by atoms with Crippen molar-refractivity contribution >= 4 is 17.7 Å². The molecular formula is C20H22O5. The zero-order valence-corrected chi connectivity index (χ0v) is 14.4. The van der Waals surface area contributed by atoms with Gasteiger partial charge in [-0.05, 0) is 36.6 Å². The van der Waals surface area contributed by atoms with Crippen LogP contribution in [0.2, 0.25) is 0 Å². The first-order chi connectivity index (χ1) is 11.8. The molecule has 25 heavy (non-hydrogen) atoms. The molecule has 5 heteroatoms. The summed E-state index contributed by atoms with van der Waals surface area (Å²) in [6.07, 6.45) is 2.22. The standard InChI is InChI=1S/C11H14O.C9H8O4/c1-2-11(12)9-8-10-6-4-3-5-7-10;1-5-2-3-6(8(10)11)4-7(5)9(12)13/h3-7H,2,8-9H2,1H3;2-4H,1H3,(H,10,11)(H,12,13). The van der Waals surface area contributed by atoms with Crippen molar-refractivity contribution in [1.82, 2.24) is 0 Å². The Labute approximate surface area is 146 Å². The van der Waals surface area contributed by atoms with Crippen LogP contribution in [0.25, 0.3) is 0 Å². The van der Waals surface area contributed by atoms with Crippen molar-refractivity contribution in [3.63, 3.8) is 0 Å². The average Bonchev–Trinajstić information content (AvgIpc) is 2.61. The summed E-state index contributed by atoms with van der Waals surface area (Å²) >= 11 is 0. The minimum atomic E-state index is -1.12. The van der Waals surface area contributed by atoms with Crippen LogP contribution in [0.4, 0.5) is 0 Å². The molecule has 0 aromatic heterocycles. The monoisotopic (exact) mass is 342 g/mol. The number of carboxylic acids is 2. The van der Waals surface area contributed by atoms with Crippen molar-refractivity contribution in [3.8, 4) is 0 Å². The van der Waals surface area contributed by atoms with E-state index in [-0.39, 0.29) is 11.1 Å². The van der Waals surface area contributed by atoms with E-state index in [1.807, 2.05) is 25.1 Å². The molecule has 0 saturated heterocycles. The molecule has 0 aliphatic rings. The van der Waals surface area contributed by atoms with Crippen molar-refractivity contribution in [2.24, 2.45) is 0 Å². The summed E-state index contributed by atoms with van der Waals surface area (Å²) in [7, 11) is 0. The quantitative estimate of drug-likeness (QED) is 0.828. The van der Waals surface area contributed by atoms with E-state index in [0.29, 0.717) is 24.2 Å². The Bertz CT molecular complexity index is 735. The van der Waals surface area contributed by atoms with Gasteiger partial charge in [-0.3, -0.25) is 4.79 Å². The maximum absolute atomic E-state index is 11.0. The van der Waals surface area contributed by atoms with Gasteiger partial charge in [0.05, 0.1) is 11.1 Å². The van der Waals surface area contributed by atoms with Crippen molar-refractivity contribution < 1.29 is 24.6 Å². The van der Waals surface area contributed by atoms with Gasteiger partial charge in [0.2, 0.25) is 0 Å². The lowest BCUT2D eigenvalue weighted by Gasteiger charge is -2.01. The smallest absolute Gasteiger partial charge is 0.335 e. The van der Waals surface area contributed by atoms with Crippen LogP contribution in [0, 0.1) is 6.92 Å². The Morgan fingerprint density at radius 3 is 2.08 bits per heavy atom. The van der Waals surface area contributed by atoms with Crippen molar-refractivity contribution in [2.45, 2.75) is 33.1 Å². The number of carbonyl (C=O) groups is 3. The largest absolute Gasteiger partial charge is 0.478 e. The van der Waals surface area contributed by atoms with Gasteiger partial charge >= 0.3 is 11.9 Å². The van der Waals surface area contributed by atoms with E-state index in [0.717, 1.165) is 12.5 Å². The number of carboxylic acid groups (broad SMARTS) is 2. The number of hydrogen-bond acceptors (Lipinski definition) is 3. The normalized spacial score (nSPS) is 9.68. The van der Waals surface area contributed by atoms with E-state index in [9.17, 15) is 14.4 Å². The maximum atomic E-state index is 11.0. The van der Waals surface area contributed by atoms with Gasteiger partial charge in [-0.15, -0.1) is 0 Å². The number of carbonyl (C=O) groups excluding carboxylic acids is 1. The molecule has 0 unspecified atom stereocenters. The maximum Gasteiger partial charge on any atom is 0.335 e. The lowest BCUT2D eigenvalue weighted by atomic mass is 10.1. The number of ketones is 1. The third-order valence-corrected chi connectivity index (χ3v) is 3.64. The molecule has 2 aromatic carbocycles. The molecule has 0 atom stereocenters.